The SMILES string of the molecule is CS(=O)(=O)Cc1ccc(-c2ccc3c(c2)CCC2(CCN(Cc4ccccn4)CC2)O3)cc1. The molecule has 0 amide bonds. The van der Waals surface area contributed by atoms with Crippen LogP contribution in [0.5, 0.6) is 5.75 Å². The number of rotatable bonds is 5. The fourth-order valence-electron chi connectivity index (χ4n) is 4.99. The maximum atomic E-state index is 11.5. The topological polar surface area (TPSA) is 59.5 Å². The lowest BCUT2D eigenvalue weighted by Gasteiger charge is -2.44. The second-order valence-electron chi connectivity index (χ2n) is 9.47. The number of benzene rings is 2. The summed E-state index contributed by atoms with van der Waals surface area (Å²) in [6.45, 7) is 2.97. The number of hydrogen-bond donors (Lipinski definition) is 0. The molecule has 2 aliphatic rings. The minimum atomic E-state index is -3.02. The second kappa shape index (κ2) is 8.92. The Balaban J connectivity index is 1.24. The van der Waals surface area contributed by atoms with Crippen molar-refractivity contribution >= 4 is 9.84 Å². The summed E-state index contributed by atoms with van der Waals surface area (Å²) in [7, 11) is -3.02. The number of sulfone groups is 1. The van der Waals surface area contributed by atoms with Crippen LogP contribution in [0.15, 0.2) is 66.9 Å². The average molecular weight is 463 g/mol. The van der Waals surface area contributed by atoms with Crippen molar-refractivity contribution in [3.8, 4) is 16.9 Å². The van der Waals surface area contributed by atoms with Crippen molar-refractivity contribution in [2.45, 2.75) is 43.6 Å². The summed E-state index contributed by atoms with van der Waals surface area (Å²) >= 11 is 0. The zero-order valence-electron chi connectivity index (χ0n) is 19.0. The molecule has 0 unspecified atom stereocenters. The smallest absolute Gasteiger partial charge is 0.151 e. The molecule has 3 heterocycles. The summed E-state index contributed by atoms with van der Waals surface area (Å²) in [5.41, 5.74) is 5.39. The molecule has 1 aromatic heterocycles. The third kappa shape index (κ3) is 5.28. The Bertz CT molecular complexity index is 1220. The van der Waals surface area contributed by atoms with Crippen LogP contribution in [0.3, 0.4) is 0 Å². The zero-order valence-corrected chi connectivity index (χ0v) is 19.9. The predicted molar refractivity (Wildman–Crippen MR) is 131 cm³/mol. The first-order valence-corrected chi connectivity index (χ1v) is 13.6. The van der Waals surface area contributed by atoms with Gasteiger partial charge in [0, 0.05) is 32.1 Å². The number of aromatic nitrogens is 1. The molecule has 3 aromatic rings. The Morgan fingerprint density at radius 3 is 2.42 bits per heavy atom. The Morgan fingerprint density at radius 2 is 1.73 bits per heavy atom. The summed E-state index contributed by atoms with van der Waals surface area (Å²) in [4.78, 5) is 6.94. The molecule has 172 valence electrons. The highest BCUT2D eigenvalue weighted by atomic mass is 32.2. The number of aryl methyl sites for hydroxylation is 1. The zero-order chi connectivity index (χ0) is 22.9. The summed E-state index contributed by atoms with van der Waals surface area (Å²) < 4.78 is 29.7. The Hall–Kier alpha value is -2.70. The quantitative estimate of drug-likeness (QED) is 0.552. The molecule has 33 heavy (non-hydrogen) atoms. The Kier molecular flexibility index (Phi) is 5.97. The average Bonchev–Trinajstić information content (AvgIpc) is 2.81. The van der Waals surface area contributed by atoms with Gasteiger partial charge in [0.05, 0.1) is 11.4 Å². The largest absolute Gasteiger partial charge is 0.487 e. The van der Waals surface area contributed by atoms with E-state index in [9.17, 15) is 8.42 Å². The Labute approximate surface area is 196 Å². The third-order valence-corrected chi connectivity index (χ3v) is 7.69. The van der Waals surface area contributed by atoms with Crippen molar-refractivity contribution in [3.63, 3.8) is 0 Å². The van der Waals surface area contributed by atoms with Crippen LogP contribution in [0.2, 0.25) is 0 Å². The van der Waals surface area contributed by atoms with E-state index >= 15 is 0 Å². The lowest BCUT2D eigenvalue weighted by atomic mass is 9.82. The molecule has 0 N–H and O–H groups in total. The molecule has 6 heteroatoms. The molecule has 0 saturated carbocycles. The van der Waals surface area contributed by atoms with Crippen LogP contribution in [0.1, 0.15) is 36.1 Å². The molecule has 1 fully saturated rings. The van der Waals surface area contributed by atoms with Crippen LogP contribution in [-0.2, 0) is 28.6 Å². The van der Waals surface area contributed by atoms with E-state index in [0.717, 1.165) is 73.5 Å². The molecule has 1 saturated heterocycles. The monoisotopic (exact) mass is 462 g/mol. The van der Waals surface area contributed by atoms with Gasteiger partial charge in [-0.1, -0.05) is 36.4 Å². The van der Waals surface area contributed by atoms with Crippen molar-refractivity contribution in [3.05, 3.63) is 83.7 Å². The van der Waals surface area contributed by atoms with E-state index in [1.165, 1.54) is 11.8 Å². The highest BCUT2D eigenvalue weighted by Gasteiger charge is 2.39. The lowest BCUT2D eigenvalue weighted by molar-refractivity contribution is -0.0165. The minimum absolute atomic E-state index is 0.0531. The molecule has 0 aliphatic carbocycles. The molecule has 0 radical (unpaired) electrons. The van der Waals surface area contributed by atoms with Crippen LogP contribution in [0.25, 0.3) is 11.1 Å². The second-order valence-corrected chi connectivity index (χ2v) is 11.6. The molecule has 5 rings (SSSR count). The number of nitrogens with zero attached hydrogens (tertiary/aromatic N) is 2. The van der Waals surface area contributed by atoms with Gasteiger partial charge in [0.15, 0.2) is 9.84 Å². The summed E-state index contributed by atoms with van der Waals surface area (Å²) in [6.07, 6.45) is 7.29. The van der Waals surface area contributed by atoms with E-state index in [-0.39, 0.29) is 11.4 Å². The van der Waals surface area contributed by atoms with Crippen LogP contribution < -0.4 is 4.74 Å². The number of likely N-dealkylation sites (tertiary alicyclic amines) is 1. The van der Waals surface area contributed by atoms with Gasteiger partial charge in [-0.2, -0.15) is 0 Å². The van der Waals surface area contributed by atoms with E-state index in [1.54, 1.807) is 0 Å². The van der Waals surface area contributed by atoms with Gasteiger partial charge in [0.1, 0.15) is 11.4 Å². The predicted octanol–water partition coefficient (Wildman–Crippen LogP) is 4.65. The number of fused-ring (bicyclic) bond motifs is 1. The summed E-state index contributed by atoms with van der Waals surface area (Å²) in [6, 6.07) is 20.4. The maximum Gasteiger partial charge on any atom is 0.151 e. The first-order chi connectivity index (χ1) is 15.9. The van der Waals surface area contributed by atoms with E-state index in [2.05, 4.69) is 34.1 Å². The Morgan fingerprint density at radius 1 is 0.970 bits per heavy atom. The summed E-state index contributed by atoms with van der Waals surface area (Å²) in [5.74, 6) is 1.09. The fourth-order valence-corrected chi connectivity index (χ4v) is 5.79. The standard InChI is InChI=1S/C27H30N2O3S/c1-33(30,31)20-21-5-7-22(8-6-21)23-9-10-26-24(18-23)11-12-27(32-26)13-16-29(17-14-27)19-25-4-2-3-15-28-25/h2-10,15,18H,11-14,16-17,19-20H2,1H3. The van der Waals surface area contributed by atoms with Crippen molar-refractivity contribution in [2.24, 2.45) is 0 Å². The van der Waals surface area contributed by atoms with Gasteiger partial charge < -0.3 is 4.74 Å². The van der Waals surface area contributed by atoms with Gasteiger partial charge in [0.25, 0.3) is 0 Å². The highest BCUT2D eigenvalue weighted by molar-refractivity contribution is 7.89. The van der Waals surface area contributed by atoms with Crippen molar-refractivity contribution < 1.29 is 13.2 Å². The molecule has 5 nitrogen and oxygen atoms in total. The van der Waals surface area contributed by atoms with Gasteiger partial charge in [-0.05, 0) is 72.2 Å². The minimum Gasteiger partial charge on any atom is -0.487 e. The van der Waals surface area contributed by atoms with Gasteiger partial charge in [-0.3, -0.25) is 9.88 Å². The maximum absolute atomic E-state index is 11.5. The normalized spacial score (nSPS) is 18.0. The molecule has 1 spiro atoms. The third-order valence-electron chi connectivity index (χ3n) is 6.83. The number of piperidine rings is 1. The van der Waals surface area contributed by atoms with Crippen molar-refractivity contribution in [1.29, 1.82) is 0 Å². The van der Waals surface area contributed by atoms with Gasteiger partial charge in [-0.25, -0.2) is 8.42 Å². The lowest BCUT2D eigenvalue weighted by Crippen LogP contribution is -2.49. The molecule has 0 bridgehead atoms. The van der Waals surface area contributed by atoms with E-state index in [4.69, 9.17) is 4.74 Å². The number of pyridine rings is 1. The van der Waals surface area contributed by atoms with E-state index in [0.29, 0.717) is 0 Å². The van der Waals surface area contributed by atoms with Gasteiger partial charge in [0.2, 0.25) is 0 Å². The number of ether oxygens (including phenoxy) is 1. The van der Waals surface area contributed by atoms with E-state index < -0.39 is 9.84 Å². The number of hydrogen-bond acceptors (Lipinski definition) is 5. The summed E-state index contributed by atoms with van der Waals surface area (Å²) in [5, 5.41) is 0. The van der Waals surface area contributed by atoms with Crippen LogP contribution in [0.4, 0.5) is 0 Å². The fraction of sp³-hybridized carbons (Fsp3) is 0.370. The molecule has 0 atom stereocenters. The van der Waals surface area contributed by atoms with Gasteiger partial charge in [-0.15, -0.1) is 0 Å². The van der Waals surface area contributed by atoms with Gasteiger partial charge >= 0.3 is 0 Å². The van der Waals surface area contributed by atoms with Crippen LogP contribution in [-0.4, -0.2) is 43.2 Å². The van der Waals surface area contributed by atoms with Crippen LogP contribution >= 0.6 is 0 Å². The first-order valence-electron chi connectivity index (χ1n) is 11.6. The van der Waals surface area contributed by atoms with Crippen molar-refractivity contribution in [1.82, 2.24) is 9.88 Å². The first kappa shape index (κ1) is 22.1. The molecule has 2 aromatic carbocycles. The highest BCUT2D eigenvalue weighted by Crippen LogP contribution is 2.41. The molecular weight excluding hydrogens is 432 g/mol. The molecular formula is C27H30N2O3S. The molecule has 2 aliphatic heterocycles. The van der Waals surface area contributed by atoms with Crippen LogP contribution in [0, 0.1) is 0 Å². The van der Waals surface area contributed by atoms with Crippen molar-refractivity contribution in [2.75, 3.05) is 19.3 Å². The van der Waals surface area contributed by atoms with E-state index in [1.807, 2.05) is 42.6 Å².